The Bertz CT molecular complexity index is 1150. The lowest BCUT2D eigenvalue weighted by atomic mass is 9.99. The molecule has 0 aliphatic carbocycles. The van der Waals surface area contributed by atoms with Crippen molar-refractivity contribution in [3.63, 3.8) is 0 Å². The van der Waals surface area contributed by atoms with Crippen LogP contribution in [0.2, 0.25) is 0 Å². The Morgan fingerprint density at radius 3 is 1.16 bits per heavy atom. The molecule has 0 aromatic heterocycles. The molecule has 1 aliphatic rings. The average Bonchev–Trinajstić information content (AvgIpc) is 3.36. The second-order valence-electron chi connectivity index (χ2n) is 21.5. The summed E-state index contributed by atoms with van der Waals surface area (Å²) in [5, 5.41) is 54.6. The molecule has 70 heavy (non-hydrogen) atoms. The SMILES string of the molecule is CCCCCCCCCCCCC/C=C\CCCCCCCCCC(=O)NC(COC1OC(CO)C(O)C(O)C1O)C(O)/C=C/CCCCCCCCCCCCCCCCCCCCCCCCC. The average molecular weight is 993 g/mol. The molecular weight excluding hydrogens is 875 g/mol. The molecule has 414 valence electrons. The first-order chi connectivity index (χ1) is 34.3. The van der Waals surface area contributed by atoms with Gasteiger partial charge in [0.2, 0.25) is 5.91 Å². The van der Waals surface area contributed by atoms with Gasteiger partial charge in [0.05, 0.1) is 25.4 Å². The van der Waals surface area contributed by atoms with E-state index in [1.165, 1.54) is 244 Å². The number of nitrogens with one attached hydrogen (secondary N) is 1. The lowest BCUT2D eigenvalue weighted by Gasteiger charge is -2.40. The fraction of sp³-hybridized carbons (Fsp3) is 0.918. The van der Waals surface area contributed by atoms with Crippen LogP contribution >= 0.6 is 0 Å². The van der Waals surface area contributed by atoms with Gasteiger partial charge in [0.25, 0.3) is 0 Å². The summed E-state index contributed by atoms with van der Waals surface area (Å²) < 4.78 is 11.3. The maximum atomic E-state index is 13.1. The maximum absolute atomic E-state index is 13.1. The number of amides is 1. The molecule has 1 rings (SSSR count). The van der Waals surface area contributed by atoms with Crippen LogP contribution in [0.5, 0.6) is 0 Å². The van der Waals surface area contributed by atoms with Crippen molar-refractivity contribution in [1.82, 2.24) is 5.32 Å². The van der Waals surface area contributed by atoms with Gasteiger partial charge in [-0.25, -0.2) is 0 Å². The predicted molar refractivity (Wildman–Crippen MR) is 295 cm³/mol. The van der Waals surface area contributed by atoms with Gasteiger partial charge in [-0.3, -0.25) is 4.79 Å². The molecule has 0 spiro atoms. The number of aliphatic hydroxyl groups excluding tert-OH is 5. The molecule has 9 nitrogen and oxygen atoms in total. The summed E-state index contributed by atoms with van der Waals surface area (Å²) >= 11 is 0. The van der Waals surface area contributed by atoms with E-state index in [1.807, 2.05) is 6.08 Å². The van der Waals surface area contributed by atoms with Gasteiger partial charge < -0.3 is 40.3 Å². The Kier molecular flexibility index (Phi) is 48.7. The zero-order valence-corrected chi connectivity index (χ0v) is 46.0. The number of allylic oxidation sites excluding steroid dienone is 3. The van der Waals surface area contributed by atoms with E-state index in [9.17, 15) is 30.3 Å². The molecular formula is C61H117NO8. The first-order valence-corrected chi connectivity index (χ1v) is 30.6. The summed E-state index contributed by atoms with van der Waals surface area (Å²) in [6, 6.07) is -0.806. The Morgan fingerprint density at radius 2 is 0.800 bits per heavy atom. The van der Waals surface area contributed by atoms with Crippen molar-refractivity contribution in [2.75, 3.05) is 13.2 Å². The number of aliphatic hydroxyl groups is 5. The van der Waals surface area contributed by atoms with E-state index in [2.05, 4.69) is 31.3 Å². The molecule has 0 aromatic rings. The van der Waals surface area contributed by atoms with E-state index in [0.29, 0.717) is 6.42 Å². The molecule has 0 bridgehead atoms. The zero-order valence-electron chi connectivity index (χ0n) is 46.0. The quantitative estimate of drug-likeness (QED) is 0.0261. The number of carbonyl (C=O) groups is 1. The molecule has 9 heteroatoms. The molecule has 1 saturated heterocycles. The minimum atomic E-state index is -1.57. The number of rotatable bonds is 53. The van der Waals surface area contributed by atoms with Crippen molar-refractivity contribution in [2.24, 2.45) is 0 Å². The van der Waals surface area contributed by atoms with Crippen molar-refractivity contribution in [3.05, 3.63) is 24.3 Å². The molecule has 7 unspecified atom stereocenters. The van der Waals surface area contributed by atoms with Gasteiger partial charge in [-0.1, -0.05) is 276 Å². The topological polar surface area (TPSA) is 149 Å². The van der Waals surface area contributed by atoms with Gasteiger partial charge in [-0.15, -0.1) is 0 Å². The zero-order chi connectivity index (χ0) is 50.8. The van der Waals surface area contributed by atoms with E-state index in [1.54, 1.807) is 6.08 Å². The molecule has 0 aromatic carbocycles. The number of unbranched alkanes of at least 4 members (excludes halogenated alkanes) is 41. The summed E-state index contributed by atoms with van der Waals surface area (Å²) in [4.78, 5) is 13.1. The summed E-state index contributed by atoms with van der Waals surface area (Å²) in [7, 11) is 0. The maximum Gasteiger partial charge on any atom is 0.220 e. The van der Waals surface area contributed by atoms with Gasteiger partial charge in [0.1, 0.15) is 24.4 Å². The van der Waals surface area contributed by atoms with Gasteiger partial charge in [-0.05, 0) is 44.9 Å². The minimum Gasteiger partial charge on any atom is -0.394 e. The molecule has 1 aliphatic heterocycles. The van der Waals surface area contributed by atoms with E-state index in [-0.39, 0.29) is 12.5 Å². The van der Waals surface area contributed by atoms with Gasteiger partial charge in [0, 0.05) is 6.42 Å². The third-order valence-electron chi connectivity index (χ3n) is 14.8. The Balaban J connectivity index is 2.21. The van der Waals surface area contributed by atoms with E-state index >= 15 is 0 Å². The molecule has 0 saturated carbocycles. The highest BCUT2D eigenvalue weighted by Gasteiger charge is 2.44. The first-order valence-electron chi connectivity index (χ1n) is 30.6. The summed E-state index contributed by atoms with van der Waals surface area (Å²) in [6.45, 7) is 3.82. The van der Waals surface area contributed by atoms with E-state index < -0.39 is 49.5 Å². The van der Waals surface area contributed by atoms with Gasteiger partial charge >= 0.3 is 0 Å². The standard InChI is InChI=1S/C61H117NO8/c1-3-5-7-9-11-13-15-17-19-21-23-25-27-28-29-30-32-34-36-38-40-42-44-46-48-50-55(64)54(53-69-61-60(68)59(67)58(66)56(52-63)70-61)62-57(65)51-49-47-45-43-41-39-37-35-33-31-26-24-22-20-18-16-14-12-10-8-6-4-2/h31,33,48,50,54-56,58-61,63-64,66-68H,3-30,32,34-47,49,51-53H2,1-2H3,(H,62,65)/b33-31-,50-48+. The molecule has 1 heterocycles. The smallest absolute Gasteiger partial charge is 0.220 e. The van der Waals surface area contributed by atoms with Crippen LogP contribution in [0, 0.1) is 0 Å². The van der Waals surface area contributed by atoms with E-state index in [0.717, 1.165) is 38.5 Å². The first kappa shape index (κ1) is 66.7. The van der Waals surface area contributed by atoms with Crippen LogP contribution in [-0.4, -0.2) is 87.5 Å². The fourth-order valence-electron chi connectivity index (χ4n) is 9.92. The second-order valence-corrected chi connectivity index (χ2v) is 21.5. The number of carbonyl (C=O) groups excluding carboxylic acids is 1. The van der Waals surface area contributed by atoms with E-state index in [4.69, 9.17) is 9.47 Å². The second kappa shape index (κ2) is 51.2. The third kappa shape index (κ3) is 40.1. The summed E-state index contributed by atoms with van der Waals surface area (Å²) in [6.07, 6.45) is 58.2. The summed E-state index contributed by atoms with van der Waals surface area (Å²) in [5.74, 6) is -0.176. The highest BCUT2D eigenvalue weighted by molar-refractivity contribution is 5.76. The molecule has 7 atom stereocenters. The predicted octanol–water partition coefficient (Wildman–Crippen LogP) is 15.4. The van der Waals surface area contributed by atoms with Crippen molar-refractivity contribution in [3.8, 4) is 0 Å². The van der Waals surface area contributed by atoms with Crippen LogP contribution in [0.25, 0.3) is 0 Å². The normalized spacial score (nSPS) is 19.4. The Hall–Kier alpha value is -1.33. The lowest BCUT2D eigenvalue weighted by molar-refractivity contribution is -0.302. The minimum absolute atomic E-state index is 0.176. The Morgan fingerprint density at radius 1 is 0.471 bits per heavy atom. The molecule has 6 N–H and O–H groups in total. The van der Waals surface area contributed by atoms with Crippen LogP contribution in [0.3, 0.4) is 0 Å². The van der Waals surface area contributed by atoms with Gasteiger partial charge in [-0.2, -0.15) is 0 Å². The molecule has 1 fully saturated rings. The third-order valence-corrected chi connectivity index (χ3v) is 14.8. The highest BCUT2D eigenvalue weighted by Crippen LogP contribution is 2.23. The summed E-state index contributed by atoms with van der Waals surface area (Å²) in [5.41, 5.74) is 0. The number of hydrogen-bond acceptors (Lipinski definition) is 8. The monoisotopic (exact) mass is 992 g/mol. The molecule has 0 radical (unpaired) electrons. The van der Waals surface area contributed by atoms with Crippen molar-refractivity contribution < 1.29 is 39.8 Å². The van der Waals surface area contributed by atoms with Crippen molar-refractivity contribution in [1.29, 1.82) is 0 Å². The number of ether oxygens (including phenoxy) is 2. The highest BCUT2D eigenvalue weighted by atomic mass is 16.7. The van der Waals surface area contributed by atoms with Crippen LogP contribution in [0.1, 0.15) is 303 Å². The van der Waals surface area contributed by atoms with Gasteiger partial charge in [0.15, 0.2) is 6.29 Å². The largest absolute Gasteiger partial charge is 0.394 e. The van der Waals surface area contributed by atoms with Crippen molar-refractivity contribution >= 4 is 5.91 Å². The molecule has 1 amide bonds. The number of hydrogen-bond donors (Lipinski definition) is 6. The lowest BCUT2D eigenvalue weighted by Crippen LogP contribution is -2.60. The Labute approximate surface area is 432 Å². The fourth-order valence-corrected chi connectivity index (χ4v) is 9.92. The van der Waals surface area contributed by atoms with Crippen LogP contribution in [-0.2, 0) is 14.3 Å². The van der Waals surface area contributed by atoms with Crippen LogP contribution in [0.15, 0.2) is 24.3 Å². The van der Waals surface area contributed by atoms with Crippen molar-refractivity contribution in [2.45, 2.75) is 346 Å². The van der Waals surface area contributed by atoms with Crippen LogP contribution in [0.4, 0.5) is 0 Å². The van der Waals surface area contributed by atoms with Crippen LogP contribution < -0.4 is 5.32 Å².